The number of rotatable bonds is 4. The molecule has 0 fully saturated rings. The van der Waals surface area contributed by atoms with E-state index in [4.69, 9.17) is 4.74 Å². The minimum Gasteiger partial charge on any atom is -0.481 e. The van der Waals surface area contributed by atoms with Crippen LogP contribution in [-0.2, 0) is 6.42 Å². The average molecular weight is 370 g/mol. The molecule has 28 heavy (non-hydrogen) atoms. The zero-order valence-corrected chi connectivity index (χ0v) is 16.3. The fourth-order valence-electron chi connectivity index (χ4n) is 3.70. The Kier molecular flexibility index (Phi) is 4.70. The summed E-state index contributed by atoms with van der Waals surface area (Å²) in [5.41, 5.74) is 4.59. The molecule has 4 nitrogen and oxygen atoms in total. The van der Waals surface area contributed by atoms with Gasteiger partial charge in [-0.25, -0.2) is 4.98 Å². The van der Waals surface area contributed by atoms with Crippen molar-refractivity contribution >= 4 is 10.8 Å². The van der Waals surface area contributed by atoms with E-state index in [1.807, 2.05) is 66.1 Å². The molecule has 0 aliphatic heterocycles. The Labute approximate surface area is 164 Å². The minimum atomic E-state index is -0.00961. The van der Waals surface area contributed by atoms with Gasteiger partial charge in [0, 0.05) is 28.7 Å². The predicted octanol–water partition coefficient (Wildman–Crippen LogP) is 4.93. The van der Waals surface area contributed by atoms with Crippen LogP contribution in [0.4, 0.5) is 0 Å². The van der Waals surface area contributed by atoms with Crippen LogP contribution in [0.1, 0.15) is 18.2 Å². The zero-order chi connectivity index (χ0) is 19.7. The molecule has 0 aliphatic carbocycles. The third-order valence-electron chi connectivity index (χ3n) is 5.03. The topological polar surface area (TPSA) is 44.1 Å². The van der Waals surface area contributed by atoms with Crippen molar-refractivity contribution in [2.75, 3.05) is 7.11 Å². The van der Waals surface area contributed by atoms with Crippen molar-refractivity contribution in [2.24, 2.45) is 0 Å². The van der Waals surface area contributed by atoms with E-state index in [2.05, 4.69) is 18.0 Å². The first-order valence-electron chi connectivity index (χ1n) is 9.38. The fourth-order valence-corrected chi connectivity index (χ4v) is 3.70. The summed E-state index contributed by atoms with van der Waals surface area (Å²) in [4.78, 5) is 18.0. The molecule has 2 aromatic heterocycles. The number of nitrogens with zero attached hydrogens (tertiary/aromatic N) is 2. The molecule has 4 aromatic rings. The minimum absolute atomic E-state index is 0.00961. The van der Waals surface area contributed by atoms with Crippen LogP contribution in [0.15, 0.2) is 71.7 Å². The SMILES string of the molecule is CCc1cc2cccc(-c3cnc(OC)c(C)c3)c2c(=O)n1-c1ccccc1. The molecule has 0 saturated carbocycles. The van der Waals surface area contributed by atoms with Gasteiger partial charge in [0.25, 0.3) is 5.56 Å². The molecule has 0 radical (unpaired) electrons. The van der Waals surface area contributed by atoms with E-state index in [1.165, 1.54) is 0 Å². The van der Waals surface area contributed by atoms with E-state index < -0.39 is 0 Å². The second kappa shape index (κ2) is 7.31. The molecule has 0 atom stereocenters. The van der Waals surface area contributed by atoms with Crippen LogP contribution in [0.25, 0.3) is 27.6 Å². The number of pyridine rings is 2. The summed E-state index contributed by atoms with van der Waals surface area (Å²) in [7, 11) is 1.61. The molecular weight excluding hydrogens is 348 g/mol. The highest BCUT2D eigenvalue weighted by Gasteiger charge is 2.15. The van der Waals surface area contributed by atoms with Crippen LogP contribution < -0.4 is 10.3 Å². The Morgan fingerprint density at radius 2 is 1.82 bits per heavy atom. The monoisotopic (exact) mass is 370 g/mol. The number of hydrogen-bond donors (Lipinski definition) is 0. The van der Waals surface area contributed by atoms with Crippen molar-refractivity contribution in [3.8, 4) is 22.7 Å². The summed E-state index contributed by atoms with van der Waals surface area (Å²) in [6, 6.07) is 19.9. The van der Waals surface area contributed by atoms with E-state index in [9.17, 15) is 4.79 Å². The number of hydrogen-bond acceptors (Lipinski definition) is 3. The maximum Gasteiger partial charge on any atom is 0.263 e. The van der Waals surface area contributed by atoms with Crippen LogP contribution in [0.5, 0.6) is 5.88 Å². The highest BCUT2D eigenvalue weighted by atomic mass is 16.5. The number of methoxy groups -OCH3 is 1. The fraction of sp³-hybridized carbons (Fsp3) is 0.167. The summed E-state index contributed by atoms with van der Waals surface area (Å²) in [5.74, 6) is 0.596. The lowest BCUT2D eigenvalue weighted by Gasteiger charge is -2.16. The van der Waals surface area contributed by atoms with E-state index in [-0.39, 0.29) is 5.56 Å². The van der Waals surface area contributed by atoms with Gasteiger partial charge in [-0.3, -0.25) is 9.36 Å². The predicted molar refractivity (Wildman–Crippen MR) is 113 cm³/mol. The summed E-state index contributed by atoms with van der Waals surface area (Å²) < 4.78 is 7.09. The Morgan fingerprint density at radius 3 is 2.50 bits per heavy atom. The van der Waals surface area contributed by atoms with Gasteiger partial charge in [-0.15, -0.1) is 0 Å². The maximum atomic E-state index is 13.6. The zero-order valence-electron chi connectivity index (χ0n) is 16.3. The van der Waals surface area contributed by atoms with Gasteiger partial charge in [0.15, 0.2) is 0 Å². The molecule has 4 heteroatoms. The smallest absolute Gasteiger partial charge is 0.263 e. The maximum absolute atomic E-state index is 13.6. The van der Waals surface area contributed by atoms with E-state index in [0.29, 0.717) is 11.3 Å². The van der Waals surface area contributed by atoms with Crippen molar-refractivity contribution in [1.82, 2.24) is 9.55 Å². The Morgan fingerprint density at radius 1 is 1.04 bits per heavy atom. The van der Waals surface area contributed by atoms with Crippen LogP contribution >= 0.6 is 0 Å². The third-order valence-corrected chi connectivity index (χ3v) is 5.03. The Balaban J connectivity index is 2.05. The molecule has 0 saturated heterocycles. The second-order valence-electron chi connectivity index (χ2n) is 6.79. The molecule has 0 bridgehead atoms. The molecular formula is C24H22N2O2. The van der Waals surface area contributed by atoms with Crippen molar-refractivity contribution in [3.63, 3.8) is 0 Å². The quantitative estimate of drug-likeness (QED) is 0.511. The molecule has 0 amide bonds. The van der Waals surface area contributed by atoms with Crippen LogP contribution in [0, 0.1) is 6.92 Å². The first kappa shape index (κ1) is 18.0. The highest BCUT2D eigenvalue weighted by Crippen LogP contribution is 2.29. The van der Waals surface area contributed by atoms with Crippen molar-refractivity contribution in [1.29, 1.82) is 0 Å². The molecule has 0 spiro atoms. The summed E-state index contributed by atoms with van der Waals surface area (Å²) in [6.45, 7) is 4.03. The molecule has 0 N–H and O–H groups in total. The summed E-state index contributed by atoms with van der Waals surface area (Å²) in [6.07, 6.45) is 2.54. The van der Waals surface area contributed by atoms with Crippen molar-refractivity contribution in [2.45, 2.75) is 20.3 Å². The Bertz CT molecular complexity index is 1210. The van der Waals surface area contributed by atoms with Gasteiger partial charge >= 0.3 is 0 Å². The second-order valence-corrected chi connectivity index (χ2v) is 6.79. The molecule has 2 aromatic carbocycles. The van der Waals surface area contributed by atoms with Gasteiger partial charge in [0.2, 0.25) is 5.88 Å². The number of ether oxygens (including phenoxy) is 1. The molecule has 140 valence electrons. The van der Waals surface area contributed by atoms with E-state index >= 15 is 0 Å². The number of aryl methyl sites for hydroxylation is 2. The summed E-state index contributed by atoms with van der Waals surface area (Å²) in [5, 5.41) is 1.65. The molecule has 2 heterocycles. The van der Waals surface area contributed by atoms with Gasteiger partial charge < -0.3 is 4.74 Å². The first-order valence-corrected chi connectivity index (χ1v) is 9.38. The van der Waals surface area contributed by atoms with Crippen LogP contribution in [0.2, 0.25) is 0 Å². The van der Waals surface area contributed by atoms with Gasteiger partial charge in [-0.05, 0) is 48.6 Å². The average Bonchev–Trinajstić information content (AvgIpc) is 2.73. The number of aromatic nitrogens is 2. The highest BCUT2D eigenvalue weighted by molar-refractivity contribution is 5.96. The molecule has 4 rings (SSSR count). The van der Waals surface area contributed by atoms with Gasteiger partial charge in [-0.1, -0.05) is 43.3 Å². The lowest BCUT2D eigenvalue weighted by molar-refractivity contribution is 0.394. The summed E-state index contributed by atoms with van der Waals surface area (Å²) >= 11 is 0. The van der Waals surface area contributed by atoms with E-state index in [0.717, 1.165) is 39.9 Å². The largest absolute Gasteiger partial charge is 0.481 e. The van der Waals surface area contributed by atoms with Gasteiger partial charge in [-0.2, -0.15) is 0 Å². The normalized spacial score (nSPS) is 11.0. The van der Waals surface area contributed by atoms with Crippen LogP contribution in [-0.4, -0.2) is 16.7 Å². The van der Waals surface area contributed by atoms with Crippen LogP contribution in [0.3, 0.4) is 0 Å². The lowest BCUT2D eigenvalue weighted by atomic mass is 9.98. The third kappa shape index (κ3) is 2.97. The van der Waals surface area contributed by atoms with E-state index in [1.54, 1.807) is 13.3 Å². The Hall–Kier alpha value is -3.40. The van der Waals surface area contributed by atoms with Crippen molar-refractivity contribution < 1.29 is 4.74 Å². The lowest BCUT2D eigenvalue weighted by Crippen LogP contribution is -2.22. The number of benzene rings is 2. The first-order chi connectivity index (χ1) is 13.6. The standard InChI is InChI=1S/C24H22N2O2/c1-4-19-14-17-9-8-12-21(18-13-16(2)23(28-3)25-15-18)22(17)24(27)26(19)20-10-6-5-7-11-20/h5-15H,4H2,1-3H3. The van der Waals surface area contributed by atoms with Gasteiger partial charge in [0.1, 0.15) is 0 Å². The molecule has 0 unspecified atom stereocenters. The molecule has 0 aliphatic rings. The number of para-hydroxylation sites is 1. The van der Waals surface area contributed by atoms with Gasteiger partial charge in [0.05, 0.1) is 12.5 Å². The number of fused-ring (bicyclic) bond motifs is 1. The van der Waals surface area contributed by atoms with Crippen molar-refractivity contribution in [3.05, 3.63) is 88.5 Å².